The van der Waals surface area contributed by atoms with Crippen molar-refractivity contribution in [2.24, 2.45) is 0 Å². The lowest BCUT2D eigenvalue weighted by Crippen LogP contribution is -2.26. The second-order valence-corrected chi connectivity index (χ2v) is 4.09. The standard InChI is InChI=1S/C13H22O9/c1-5-17-12(15)21-9(3)7-19-11(14)20-8-10(4)22-13(16)18-6-2/h9-10H,5-8H2,1-4H3. The molecule has 0 aromatic heterocycles. The van der Waals surface area contributed by atoms with Crippen LogP contribution in [0.1, 0.15) is 27.7 Å². The Bertz CT molecular complexity index is 323. The molecule has 0 rings (SSSR count). The SMILES string of the molecule is CCOC(=O)OC(C)COC(=O)OCC(C)OC(=O)OCC. The Kier molecular flexibility index (Phi) is 10.3. The minimum atomic E-state index is -0.974. The molecule has 0 bridgehead atoms. The molecule has 128 valence electrons. The molecule has 0 aliphatic heterocycles. The molecule has 2 unspecified atom stereocenters. The van der Waals surface area contributed by atoms with Crippen molar-refractivity contribution >= 4 is 18.5 Å². The fourth-order valence-corrected chi connectivity index (χ4v) is 1.11. The monoisotopic (exact) mass is 322 g/mol. The molecule has 0 heterocycles. The topological polar surface area (TPSA) is 107 Å². The number of hydrogen-bond donors (Lipinski definition) is 0. The zero-order valence-electron chi connectivity index (χ0n) is 13.2. The smallest absolute Gasteiger partial charge is 0.435 e. The molecule has 0 saturated carbocycles. The van der Waals surface area contributed by atoms with Crippen molar-refractivity contribution in [1.29, 1.82) is 0 Å². The highest BCUT2D eigenvalue weighted by Gasteiger charge is 2.16. The Hall–Kier alpha value is -2.19. The van der Waals surface area contributed by atoms with Gasteiger partial charge in [-0.05, 0) is 27.7 Å². The molecule has 9 heteroatoms. The Morgan fingerprint density at radius 1 is 0.682 bits per heavy atom. The molecule has 2 atom stereocenters. The Morgan fingerprint density at radius 2 is 1.05 bits per heavy atom. The van der Waals surface area contributed by atoms with Gasteiger partial charge in [0, 0.05) is 0 Å². The maximum Gasteiger partial charge on any atom is 0.508 e. The summed E-state index contributed by atoms with van der Waals surface area (Å²) in [4.78, 5) is 33.3. The first-order valence-corrected chi connectivity index (χ1v) is 6.85. The predicted octanol–water partition coefficient (Wildman–Crippen LogP) is 2.26. The lowest BCUT2D eigenvalue weighted by Gasteiger charge is -2.15. The van der Waals surface area contributed by atoms with Crippen molar-refractivity contribution < 1.29 is 42.8 Å². The van der Waals surface area contributed by atoms with Gasteiger partial charge in [-0.2, -0.15) is 0 Å². The van der Waals surface area contributed by atoms with E-state index in [0.29, 0.717) is 0 Å². The molecule has 0 amide bonds. The van der Waals surface area contributed by atoms with E-state index in [0.717, 1.165) is 0 Å². The van der Waals surface area contributed by atoms with Crippen molar-refractivity contribution in [3.8, 4) is 0 Å². The van der Waals surface area contributed by atoms with E-state index in [-0.39, 0.29) is 26.4 Å². The van der Waals surface area contributed by atoms with Crippen LogP contribution in [0, 0.1) is 0 Å². The second kappa shape index (κ2) is 11.5. The molecule has 0 saturated heterocycles. The minimum absolute atomic E-state index is 0.187. The molecule has 0 aliphatic carbocycles. The molecule has 0 aromatic rings. The van der Waals surface area contributed by atoms with E-state index in [9.17, 15) is 14.4 Å². The van der Waals surface area contributed by atoms with E-state index < -0.39 is 30.7 Å². The van der Waals surface area contributed by atoms with Gasteiger partial charge in [0.15, 0.2) is 0 Å². The zero-order chi connectivity index (χ0) is 17.0. The van der Waals surface area contributed by atoms with Crippen LogP contribution in [0.5, 0.6) is 0 Å². The van der Waals surface area contributed by atoms with Gasteiger partial charge >= 0.3 is 18.5 Å². The van der Waals surface area contributed by atoms with Gasteiger partial charge in [-0.1, -0.05) is 0 Å². The van der Waals surface area contributed by atoms with E-state index in [1.807, 2.05) is 0 Å². The van der Waals surface area contributed by atoms with Crippen molar-refractivity contribution in [2.45, 2.75) is 39.9 Å². The van der Waals surface area contributed by atoms with E-state index in [1.165, 1.54) is 13.8 Å². The fraction of sp³-hybridized carbons (Fsp3) is 0.769. The number of carbonyl (C=O) groups is 3. The van der Waals surface area contributed by atoms with Gasteiger partial charge in [0.2, 0.25) is 0 Å². The number of ether oxygens (including phenoxy) is 6. The second-order valence-electron chi connectivity index (χ2n) is 4.09. The van der Waals surface area contributed by atoms with Crippen molar-refractivity contribution in [3.05, 3.63) is 0 Å². The quantitative estimate of drug-likeness (QED) is 0.491. The highest BCUT2D eigenvalue weighted by atomic mass is 16.8. The first-order valence-electron chi connectivity index (χ1n) is 6.85. The first kappa shape index (κ1) is 19.8. The molecule has 0 aromatic carbocycles. The molecular weight excluding hydrogens is 300 g/mol. The Labute approximate surface area is 128 Å². The highest BCUT2D eigenvalue weighted by Crippen LogP contribution is 2.00. The van der Waals surface area contributed by atoms with Gasteiger partial charge < -0.3 is 28.4 Å². The van der Waals surface area contributed by atoms with Crippen molar-refractivity contribution in [1.82, 2.24) is 0 Å². The molecule has 0 radical (unpaired) electrons. The van der Waals surface area contributed by atoms with E-state index in [4.69, 9.17) is 18.9 Å². The lowest BCUT2D eigenvalue weighted by atomic mass is 10.4. The summed E-state index contributed by atoms with van der Waals surface area (Å²) in [5.41, 5.74) is 0. The lowest BCUT2D eigenvalue weighted by molar-refractivity contribution is -0.0263. The van der Waals surface area contributed by atoms with Gasteiger partial charge in [0.25, 0.3) is 0 Å². The van der Waals surface area contributed by atoms with Crippen LogP contribution in [0.3, 0.4) is 0 Å². The number of carbonyl (C=O) groups excluding carboxylic acids is 3. The molecule has 0 spiro atoms. The fourth-order valence-electron chi connectivity index (χ4n) is 1.11. The van der Waals surface area contributed by atoms with E-state index >= 15 is 0 Å². The molecule has 22 heavy (non-hydrogen) atoms. The van der Waals surface area contributed by atoms with Crippen molar-refractivity contribution in [2.75, 3.05) is 26.4 Å². The van der Waals surface area contributed by atoms with Crippen LogP contribution in [0.2, 0.25) is 0 Å². The summed E-state index contributed by atoms with van der Waals surface area (Å²) < 4.78 is 28.1. The predicted molar refractivity (Wildman–Crippen MR) is 72.4 cm³/mol. The van der Waals surface area contributed by atoms with Gasteiger partial charge in [-0.25, -0.2) is 14.4 Å². The molecule has 0 fully saturated rings. The van der Waals surface area contributed by atoms with Crippen LogP contribution in [0.4, 0.5) is 14.4 Å². The van der Waals surface area contributed by atoms with Crippen LogP contribution in [-0.4, -0.2) is 57.1 Å². The maximum absolute atomic E-state index is 11.3. The van der Waals surface area contributed by atoms with E-state index in [2.05, 4.69) is 9.47 Å². The van der Waals surface area contributed by atoms with Gasteiger partial charge in [-0.3, -0.25) is 0 Å². The largest absolute Gasteiger partial charge is 0.508 e. The van der Waals surface area contributed by atoms with Crippen LogP contribution in [-0.2, 0) is 28.4 Å². The molecule has 0 aliphatic rings. The normalized spacial score (nSPS) is 12.5. The first-order chi connectivity index (χ1) is 10.4. The summed E-state index contributed by atoms with van der Waals surface area (Å²) in [5, 5.41) is 0. The van der Waals surface area contributed by atoms with Crippen LogP contribution in [0.25, 0.3) is 0 Å². The molecular formula is C13H22O9. The van der Waals surface area contributed by atoms with Crippen molar-refractivity contribution in [3.63, 3.8) is 0 Å². The third-order valence-electron chi connectivity index (χ3n) is 1.99. The van der Waals surface area contributed by atoms with Gasteiger partial charge in [0.1, 0.15) is 25.4 Å². The number of hydrogen-bond acceptors (Lipinski definition) is 9. The van der Waals surface area contributed by atoms with Crippen LogP contribution in [0.15, 0.2) is 0 Å². The summed E-state index contributed by atoms with van der Waals surface area (Å²) in [6.07, 6.45) is -4.02. The van der Waals surface area contributed by atoms with Gasteiger partial charge in [-0.15, -0.1) is 0 Å². The van der Waals surface area contributed by atoms with Crippen LogP contribution >= 0.6 is 0 Å². The van der Waals surface area contributed by atoms with Gasteiger partial charge in [0.05, 0.1) is 13.2 Å². The summed E-state index contributed by atoms with van der Waals surface area (Å²) in [5.74, 6) is 0. The summed E-state index contributed by atoms with van der Waals surface area (Å²) in [6, 6.07) is 0. The average molecular weight is 322 g/mol. The Balaban J connectivity index is 3.81. The third kappa shape index (κ3) is 10.6. The average Bonchev–Trinajstić information content (AvgIpc) is 2.43. The Morgan fingerprint density at radius 3 is 1.36 bits per heavy atom. The molecule has 9 nitrogen and oxygen atoms in total. The maximum atomic E-state index is 11.3. The summed E-state index contributed by atoms with van der Waals surface area (Å²) in [6.45, 7) is 6.32. The minimum Gasteiger partial charge on any atom is -0.435 e. The zero-order valence-corrected chi connectivity index (χ0v) is 13.2. The number of rotatable bonds is 8. The van der Waals surface area contributed by atoms with E-state index in [1.54, 1.807) is 13.8 Å². The highest BCUT2D eigenvalue weighted by molar-refractivity contribution is 5.61. The third-order valence-corrected chi connectivity index (χ3v) is 1.99. The summed E-state index contributed by atoms with van der Waals surface area (Å²) in [7, 11) is 0. The summed E-state index contributed by atoms with van der Waals surface area (Å²) >= 11 is 0. The molecule has 0 N–H and O–H groups in total. The van der Waals surface area contributed by atoms with Crippen LogP contribution < -0.4 is 0 Å².